The number of alkyl halides is 2. The van der Waals surface area contributed by atoms with Crippen molar-refractivity contribution in [1.29, 1.82) is 0 Å². The van der Waals surface area contributed by atoms with Crippen LogP contribution in [0.15, 0.2) is 24.5 Å². The van der Waals surface area contributed by atoms with Crippen LogP contribution in [0.1, 0.15) is 32.2 Å². The lowest BCUT2D eigenvalue weighted by atomic mass is 10.2. The predicted molar refractivity (Wildman–Crippen MR) is 108 cm³/mol. The van der Waals surface area contributed by atoms with Gasteiger partial charge in [-0.2, -0.15) is 8.78 Å². The summed E-state index contributed by atoms with van der Waals surface area (Å²) in [6.07, 6.45) is 4.23. The number of anilines is 2. The summed E-state index contributed by atoms with van der Waals surface area (Å²) < 4.78 is 35.1. The number of pyridine rings is 1. The summed E-state index contributed by atoms with van der Waals surface area (Å²) >= 11 is 0. The van der Waals surface area contributed by atoms with Gasteiger partial charge >= 0.3 is 5.92 Å². The van der Waals surface area contributed by atoms with Crippen LogP contribution in [0, 0.1) is 0 Å². The summed E-state index contributed by atoms with van der Waals surface area (Å²) in [5, 5.41) is 6.62. The SMILES string of the molecule is CCc1cn(-c2cc(NC3COC3)nc(C(C)(F)F)n2)c2cc(NC(C)=O)ncc12. The number of halogens is 2. The molecule has 158 valence electrons. The molecule has 0 radical (unpaired) electrons. The van der Waals surface area contributed by atoms with Crippen molar-refractivity contribution in [2.75, 3.05) is 23.8 Å². The molecule has 0 aromatic carbocycles. The van der Waals surface area contributed by atoms with Crippen molar-refractivity contribution in [1.82, 2.24) is 19.5 Å². The second kappa shape index (κ2) is 7.60. The fraction of sp³-hybridized carbons (Fsp3) is 0.400. The number of rotatable bonds is 6. The van der Waals surface area contributed by atoms with E-state index < -0.39 is 11.7 Å². The van der Waals surface area contributed by atoms with Crippen LogP contribution < -0.4 is 10.6 Å². The monoisotopic (exact) mass is 416 g/mol. The smallest absolute Gasteiger partial charge is 0.303 e. The van der Waals surface area contributed by atoms with Gasteiger partial charge in [-0.1, -0.05) is 6.92 Å². The Morgan fingerprint density at radius 2 is 2.07 bits per heavy atom. The number of fused-ring (bicyclic) bond motifs is 1. The molecular formula is C20H22F2N6O2. The van der Waals surface area contributed by atoms with Gasteiger partial charge in [0, 0.05) is 43.8 Å². The van der Waals surface area contributed by atoms with E-state index in [4.69, 9.17) is 4.74 Å². The molecule has 1 fully saturated rings. The van der Waals surface area contributed by atoms with Gasteiger partial charge in [-0.3, -0.25) is 4.79 Å². The van der Waals surface area contributed by atoms with Crippen LogP contribution in [0.5, 0.6) is 0 Å². The third kappa shape index (κ3) is 3.95. The van der Waals surface area contributed by atoms with Crippen molar-refractivity contribution in [3.05, 3.63) is 35.9 Å². The van der Waals surface area contributed by atoms with E-state index in [0.29, 0.717) is 36.2 Å². The van der Waals surface area contributed by atoms with Crippen molar-refractivity contribution < 1.29 is 18.3 Å². The average Bonchev–Trinajstić information content (AvgIpc) is 3.01. The molecule has 4 heterocycles. The van der Waals surface area contributed by atoms with Crippen LogP contribution in [-0.4, -0.2) is 44.7 Å². The minimum absolute atomic E-state index is 0.0225. The molecule has 8 nitrogen and oxygen atoms in total. The molecular weight excluding hydrogens is 394 g/mol. The summed E-state index contributed by atoms with van der Waals surface area (Å²) in [6, 6.07) is 3.36. The zero-order valence-electron chi connectivity index (χ0n) is 16.9. The highest BCUT2D eigenvalue weighted by atomic mass is 19.3. The first kappa shape index (κ1) is 20.1. The number of aromatic nitrogens is 4. The minimum atomic E-state index is -3.21. The predicted octanol–water partition coefficient (Wildman–Crippen LogP) is 3.26. The molecule has 30 heavy (non-hydrogen) atoms. The number of amides is 1. The Kier molecular flexibility index (Phi) is 5.10. The summed E-state index contributed by atoms with van der Waals surface area (Å²) in [6.45, 7) is 5.15. The first-order valence-corrected chi connectivity index (χ1v) is 9.64. The number of hydrogen-bond acceptors (Lipinski definition) is 6. The van der Waals surface area contributed by atoms with Gasteiger partial charge in [0.1, 0.15) is 17.5 Å². The fourth-order valence-corrected chi connectivity index (χ4v) is 3.26. The normalized spacial score (nSPS) is 14.6. The zero-order chi connectivity index (χ0) is 21.5. The van der Waals surface area contributed by atoms with Crippen LogP contribution in [-0.2, 0) is 21.9 Å². The van der Waals surface area contributed by atoms with Gasteiger partial charge in [-0.25, -0.2) is 15.0 Å². The molecule has 10 heteroatoms. The second-order valence-electron chi connectivity index (χ2n) is 7.35. The second-order valence-corrected chi connectivity index (χ2v) is 7.35. The van der Waals surface area contributed by atoms with Crippen LogP contribution >= 0.6 is 0 Å². The summed E-state index contributed by atoms with van der Waals surface area (Å²) in [4.78, 5) is 23.8. The molecule has 3 aromatic rings. The number of carbonyl (C=O) groups excluding carboxylic acids is 1. The first-order valence-electron chi connectivity index (χ1n) is 9.64. The number of nitrogens with one attached hydrogen (secondary N) is 2. The van der Waals surface area contributed by atoms with Gasteiger partial charge in [-0.05, 0) is 12.0 Å². The van der Waals surface area contributed by atoms with Gasteiger partial charge in [-0.15, -0.1) is 0 Å². The van der Waals surface area contributed by atoms with E-state index in [0.717, 1.165) is 24.3 Å². The van der Waals surface area contributed by atoms with Gasteiger partial charge < -0.3 is 19.9 Å². The molecule has 0 saturated carbocycles. The molecule has 4 rings (SSSR count). The lowest BCUT2D eigenvalue weighted by molar-refractivity contribution is -0.114. The molecule has 0 bridgehead atoms. The van der Waals surface area contributed by atoms with Crippen molar-refractivity contribution in [2.45, 2.75) is 39.2 Å². The largest absolute Gasteiger partial charge is 0.377 e. The Morgan fingerprint density at radius 3 is 2.67 bits per heavy atom. The molecule has 2 N–H and O–H groups in total. The van der Waals surface area contributed by atoms with Gasteiger partial charge in [0.25, 0.3) is 0 Å². The van der Waals surface area contributed by atoms with E-state index in [-0.39, 0.29) is 11.9 Å². The Bertz CT molecular complexity index is 1100. The molecule has 1 saturated heterocycles. The quantitative estimate of drug-likeness (QED) is 0.641. The Balaban J connectivity index is 1.87. The highest BCUT2D eigenvalue weighted by Gasteiger charge is 2.30. The van der Waals surface area contributed by atoms with E-state index >= 15 is 0 Å². The van der Waals surface area contributed by atoms with Gasteiger partial charge in [0.05, 0.1) is 24.8 Å². The molecule has 1 amide bonds. The number of aryl methyl sites for hydroxylation is 1. The summed E-state index contributed by atoms with van der Waals surface area (Å²) in [5.41, 5.74) is 1.68. The molecule has 1 aliphatic rings. The van der Waals surface area contributed by atoms with E-state index in [1.807, 2.05) is 13.1 Å². The highest BCUT2D eigenvalue weighted by Crippen LogP contribution is 2.30. The summed E-state index contributed by atoms with van der Waals surface area (Å²) in [7, 11) is 0. The Hall–Kier alpha value is -3.14. The van der Waals surface area contributed by atoms with Crippen LogP contribution in [0.2, 0.25) is 0 Å². The number of hydrogen-bond donors (Lipinski definition) is 2. The minimum Gasteiger partial charge on any atom is -0.377 e. The lowest BCUT2D eigenvalue weighted by Crippen LogP contribution is -2.40. The standard InChI is InChI=1S/C20H22F2N6O2/c1-4-12-8-28(15-5-16(24-11(2)29)23-7-14(12)15)18-6-17(25-13-9-30-10-13)26-19(27-18)20(3,21)22/h5-8,13H,4,9-10H2,1-3H3,(H,23,24,29)(H,25,26,27). The Morgan fingerprint density at radius 1 is 1.30 bits per heavy atom. The highest BCUT2D eigenvalue weighted by molar-refractivity contribution is 5.92. The van der Waals surface area contributed by atoms with Gasteiger partial charge in [0.2, 0.25) is 11.7 Å². The number of ether oxygens (including phenoxy) is 1. The van der Waals surface area contributed by atoms with Crippen LogP contribution in [0.3, 0.4) is 0 Å². The molecule has 1 aliphatic heterocycles. The fourth-order valence-electron chi connectivity index (χ4n) is 3.26. The zero-order valence-corrected chi connectivity index (χ0v) is 16.9. The van der Waals surface area contributed by atoms with Crippen molar-refractivity contribution in [3.8, 4) is 5.82 Å². The Labute approximate surface area is 171 Å². The molecule has 0 spiro atoms. The molecule has 0 unspecified atom stereocenters. The van der Waals surface area contributed by atoms with E-state index in [2.05, 4.69) is 25.6 Å². The number of nitrogens with zero attached hydrogens (tertiary/aromatic N) is 4. The maximum Gasteiger partial charge on any atom is 0.303 e. The van der Waals surface area contributed by atoms with E-state index in [1.165, 1.54) is 6.92 Å². The van der Waals surface area contributed by atoms with E-state index in [9.17, 15) is 13.6 Å². The lowest BCUT2D eigenvalue weighted by Gasteiger charge is -2.27. The third-order valence-electron chi connectivity index (χ3n) is 4.80. The van der Waals surface area contributed by atoms with Crippen LogP contribution in [0.4, 0.5) is 20.4 Å². The van der Waals surface area contributed by atoms with Crippen molar-refractivity contribution >= 4 is 28.4 Å². The summed E-state index contributed by atoms with van der Waals surface area (Å²) in [5.74, 6) is -3.05. The molecule has 3 aromatic heterocycles. The maximum atomic E-state index is 14.1. The number of carbonyl (C=O) groups is 1. The van der Waals surface area contributed by atoms with Crippen molar-refractivity contribution in [2.24, 2.45) is 0 Å². The van der Waals surface area contributed by atoms with Crippen molar-refractivity contribution in [3.63, 3.8) is 0 Å². The topological polar surface area (TPSA) is 94.0 Å². The first-order chi connectivity index (χ1) is 14.2. The van der Waals surface area contributed by atoms with E-state index in [1.54, 1.807) is 22.9 Å². The average molecular weight is 416 g/mol. The maximum absolute atomic E-state index is 14.1. The van der Waals surface area contributed by atoms with Gasteiger partial charge in [0.15, 0.2) is 0 Å². The molecule has 0 aliphatic carbocycles. The molecule has 0 atom stereocenters. The van der Waals surface area contributed by atoms with Crippen LogP contribution in [0.25, 0.3) is 16.7 Å². The third-order valence-corrected chi connectivity index (χ3v) is 4.80.